The van der Waals surface area contributed by atoms with E-state index in [4.69, 9.17) is 5.73 Å². The van der Waals surface area contributed by atoms with E-state index in [1.165, 1.54) is 18.2 Å². The number of nitrogens with two attached hydrogens (primary N) is 1. The van der Waals surface area contributed by atoms with Gasteiger partial charge >= 0.3 is 6.36 Å². The van der Waals surface area contributed by atoms with Crippen molar-refractivity contribution in [3.8, 4) is 5.75 Å². The fourth-order valence-corrected chi connectivity index (χ4v) is 1.31. The Hall–Kier alpha value is -2.31. The maximum absolute atomic E-state index is 12.1. The number of hydrogen-bond acceptors (Lipinski definition) is 3. The van der Waals surface area contributed by atoms with Gasteiger partial charge in [0.1, 0.15) is 12.0 Å². The van der Waals surface area contributed by atoms with Crippen LogP contribution in [0.4, 0.5) is 13.2 Å². The molecule has 0 aliphatic carbocycles. The predicted molar refractivity (Wildman–Crippen MR) is 61.4 cm³/mol. The Labute approximate surface area is 106 Å². The van der Waals surface area contributed by atoms with Crippen LogP contribution in [-0.2, 0) is 4.79 Å². The summed E-state index contributed by atoms with van der Waals surface area (Å²) in [5.41, 5.74) is 5.23. The zero-order valence-electron chi connectivity index (χ0n) is 9.61. The first-order chi connectivity index (χ1) is 8.80. The molecule has 1 rings (SSSR count). The van der Waals surface area contributed by atoms with Gasteiger partial charge in [-0.1, -0.05) is 12.2 Å². The lowest BCUT2D eigenvalue weighted by Gasteiger charge is -2.09. The van der Waals surface area contributed by atoms with E-state index in [-0.39, 0.29) is 12.0 Å². The zero-order chi connectivity index (χ0) is 14.5. The van der Waals surface area contributed by atoms with Gasteiger partial charge in [0.05, 0.1) is 0 Å². The third-order valence-corrected chi connectivity index (χ3v) is 1.95. The van der Waals surface area contributed by atoms with Gasteiger partial charge in [0, 0.05) is 12.0 Å². The molecule has 0 spiro atoms. The van der Waals surface area contributed by atoms with Gasteiger partial charge in [-0.15, -0.1) is 13.2 Å². The van der Waals surface area contributed by atoms with Crippen molar-refractivity contribution in [1.82, 2.24) is 0 Å². The van der Waals surface area contributed by atoms with Crippen molar-refractivity contribution in [2.75, 3.05) is 0 Å². The molecule has 0 aromatic heterocycles. The molecule has 0 aliphatic rings. The average molecular weight is 273 g/mol. The highest BCUT2D eigenvalue weighted by atomic mass is 19.4. The van der Waals surface area contributed by atoms with Crippen LogP contribution in [0.15, 0.2) is 24.3 Å². The molecule has 0 aliphatic heterocycles. The summed E-state index contributed by atoms with van der Waals surface area (Å²) in [5, 5.41) is 0. The lowest BCUT2D eigenvalue weighted by atomic mass is 10.1. The standard InChI is InChI=1S/C12H10F3NO3/c13-12(14,15)19-10-5-8(2-1-3-11(16)18)4-9(6-10)7-17/h1-2,4-7H,3H2,(H2,16,18). The number of aldehydes is 1. The van der Waals surface area contributed by atoms with Gasteiger partial charge in [-0.3, -0.25) is 9.59 Å². The molecule has 0 radical (unpaired) electrons. The topological polar surface area (TPSA) is 69.4 Å². The van der Waals surface area contributed by atoms with Crippen LogP contribution in [0, 0.1) is 0 Å². The number of primary amides is 1. The molecule has 1 amide bonds. The van der Waals surface area contributed by atoms with E-state index in [0.717, 1.165) is 12.1 Å². The van der Waals surface area contributed by atoms with Crippen molar-refractivity contribution in [3.05, 3.63) is 35.4 Å². The summed E-state index contributed by atoms with van der Waals surface area (Å²) in [7, 11) is 0. The van der Waals surface area contributed by atoms with Gasteiger partial charge in [0.25, 0.3) is 0 Å². The Bertz CT molecular complexity index is 509. The van der Waals surface area contributed by atoms with Crippen LogP contribution in [-0.4, -0.2) is 18.6 Å². The van der Waals surface area contributed by atoms with Gasteiger partial charge in [0.15, 0.2) is 0 Å². The zero-order valence-corrected chi connectivity index (χ0v) is 9.61. The van der Waals surface area contributed by atoms with E-state index >= 15 is 0 Å². The van der Waals surface area contributed by atoms with Crippen LogP contribution in [0.25, 0.3) is 6.08 Å². The third-order valence-electron chi connectivity index (χ3n) is 1.95. The van der Waals surface area contributed by atoms with Gasteiger partial charge in [-0.05, 0) is 23.8 Å². The number of benzene rings is 1. The molecule has 0 fully saturated rings. The van der Waals surface area contributed by atoms with Gasteiger partial charge in [0.2, 0.25) is 5.91 Å². The molecular formula is C12H10F3NO3. The minimum absolute atomic E-state index is 0.0282. The summed E-state index contributed by atoms with van der Waals surface area (Å²) in [6, 6.07) is 3.41. The van der Waals surface area contributed by atoms with Crippen LogP contribution < -0.4 is 10.5 Å². The number of alkyl halides is 3. The first-order valence-electron chi connectivity index (χ1n) is 5.11. The molecule has 7 heteroatoms. The Kier molecular flexibility index (Phi) is 4.68. The van der Waals surface area contributed by atoms with E-state index in [1.54, 1.807) is 0 Å². The van der Waals surface area contributed by atoms with Gasteiger partial charge in [-0.2, -0.15) is 0 Å². The average Bonchev–Trinajstić information content (AvgIpc) is 2.25. The molecule has 0 atom stereocenters. The van der Waals surface area contributed by atoms with Crippen molar-refractivity contribution >= 4 is 18.3 Å². The van der Waals surface area contributed by atoms with Crippen LogP contribution in [0.2, 0.25) is 0 Å². The second-order valence-corrected chi connectivity index (χ2v) is 3.57. The minimum atomic E-state index is -4.84. The number of hydrogen-bond donors (Lipinski definition) is 1. The highest BCUT2D eigenvalue weighted by Crippen LogP contribution is 2.25. The first-order valence-corrected chi connectivity index (χ1v) is 5.11. The quantitative estimate of drug-likeness (QED) is 0.837. The second kappa shape index (κ2) is 6.03. The Morgan fingerprint density at radius 1 is 1.26 bits per heavy atom. The van der Waals surface area contributed by atoms with Crippen LogP contribution in [0.1, 0.15) is 22.3 Å². The Morgan fingerprint density at radius 2 is 1.89 bits per heavy atom. The van der Waals surface area contributed by atoms with Crippen molar-refractivity contribution in [1.29, 1.82) is 0 Å². The minimum Gasteiger partial charge on any atom is -0.406 e. The van der Waals surface area contributed by atoms with E-state index in [9.17, 15) is 22.8 Å². The summed E-state index contributed by atoms with van der Waals surface area (Å²) >= 11 is 0. The number of carbonyl (C=O) groups is 2. The lowest BCUT2D eigenvalue weighted by molar-refractivity contribution is -0.274. The summed E-state index contributed by atoms with van der Waals surface area (Å²) in [6.07, 6.45) is -1.74. The van der Waals surface area contributed by atoms with Gasteiger partial charge in [-0.25, -0.2) is 0 Å². The molecule has 1 aromatic carbocycles. The number of rotatable bonds is 5. The highest BCUT2D eigenvalue weighted by Gasteiger charge is 2.31. The van der Waals surface area contributed by atoms with E-state index in [2.05, 4.69) is 4.74 Å². The lowest BCUT2D eigenvalue weighted by Crippen LogP contribution is -2.17. The normalized spacial score (nSPS) is 11.5. The van der Waals surface area contributed by atoms with Crippen molar-refractivity contribution < 1.29 is 27.5 Å². The Balaban J connectivity index is 2.98. The summed E-state index contributed by atoms with van der Waals surface area (Å²) in [4.78, 5) is 21.1. The Morgan fingerprint density at radius 3 is 2.42 bits per heavy atom. The molecule has 0 unspecified atom stereocenters. The molecule has 0 bridgehead atoms. The van der Waals surface area contributed by atoms with E-state index < -0.39 is 18.0 Å². The smallest absolute Gasteiger partial charge is 0.406 e. The number of halogens is 3. The van der Waals surface area contributed by atoms with E-state index in [0.29, 0.717) is 11.8 Å². The summed E-state index contributed by atoms with van der Waals surface area (Å²) < 4.78 is 40.0. The van der Waals surface area contributed by atoms with Crippen molar-refractivity contribution in [2.45, 2.75) is 12.8 Å². The van der Waals surface area contributed by atoms with Crippen LogP contribution in [0.5, 0.6) is 5.75 Å². The fraction of sp³-hybridized carbons (Fsp3) is 0.167. The van der Waals surface area contributed by atoms with Crippen molar-refractivity contribution in [3.63, 3.8) is 0 Å². The summed E-state index contributed by atoms with van der Waals surface area (Å²) in [6.45, 7) is 0. The number of carbonyl (C=O) groups excluding carboxylic acids is 2. The maximum atomic E-state index is 12.1. The summed E-state index contributed by atoms with van der Waals surface area (Å²) in [5.74, 6) is -1.08. The molecule has 1 aromatic rings. The molecule has 0 heterocycles. The second-order valence-electron chi connectivity index (χ2n) is 3.57. The molecule has 19 heavy (non-hydrogen) atoms. The van der Waals surface area contributed by atoms with Gasteiger partial charge < -0.3 is 10.5 Å². The van der Waals surface area contributed by atoms with Crippen LogP contribution in [0.3, 0.4) is 0 Å². The molecule has 4 nitrogen and oxygen atoms in total. The third kappa shape index (κ3) is 5.71. The van der Waals surface area contributed by atoms with Crippen LogP contribution >= 0.6 is 0 Å². The number of ether oxygens (including phenoxy) is 1. The largest absolute Gasteiger partial charge is 0.573 e. The first kappa shape index (κ1) is 14.7. The SMILES string of the molecule is NC(=O)CC=Cc1cc(C=O)cc(OC(F)(F)F)c1. The maximum Gasteiger partial charge on any atom is 0.573 e. The molecular weight excluding hydrogens is 263 g/mol. The van der Waals surface area contributed by atoms with Crippen molar-refractivity contribution in [2.24, 2.45) is 5.73 Å². The molecule has 0 saturated heterocycles. The molecule has 0 saturated carbocycles. The predicted octanol–water partition coefficient (Wildman–Crippen LogP) is 2.29. The number of amides is 1. The highest BCUT2D eigenvalue weighted by molar-refractivity contribution is 5.79. The molecule has 2 N–H and O–H groups in total. The monoisotopic (exact) mass is 273 g/mol. The van der Waals surface area contributed by atoms with E-state index in [1.807, 2.05) is 0 Å². The fourth-order valence-electron chi connectivity index (χ4n) is 1.31. The molecule has 102 valence electrons.